The molecule has 144 valence electrons. The Morgan fingerprint density at radius 2 is 2.12 bits per heavy atom. The van der Waals surface area contributed by atoms with Gasteiger partial charge in [-0.2, -0.15) is 0 Å². The van der Waals surface area contributed by atoms with Crippen LogP contribution in [0.25, 0.3) is 0 Å². The quantitative estimate of drug-likeness (QED) is 0.802. The fourth-order valence-electron chi connectivity index (χ4n) is 2.87. The van der Waals surface area contributed by atoms with Gasteiger partial charge in [0.1, 0.15) is 11.8 Å². The molecule has 1 saturated heterocycles. The highest BCUT2D eigenvalue weighted by Gasteiger charge is 2.37. The van der Waals surface area contributed by atoms with Gasteiger partial charge in [-0.05, 0) is 31.9 Å². The minimum atomic E-state index is -4.81. The summed E-state index contributed by atoms with van der Waals surface area (Å²) < 4.78 is 40.9. The van der Waals surface area contributed by atoms with Gasteiger partial charge >= 0.3 is 6.36 Å². The SMILES string of the molecule is CCCC(C)(N)C(=O)NC1CCN(c2cccc(OC(F)(F)F)c2)C1=O. The number of alkyl halides is 3. The standard InChI is InChI=1S/C17H22F3N3O3/c1-3-8-16(2,21)15(25)22-13-7-9-23(14(13)24)11-5-4-6-12(10-11)26-17(18,19)20/h4-6,10,13H,3,7-9,21H2,1-2H3,(H,22,25). The number of halogens is 3. The molecule has 0 aromatic heterocycles. The molecule has 26 heavy (non-hydrogen) atoms. The molecule has 1 fully saturated rings. The van der Waals surface area contributed by atoms with Crippen molar-refractivity contribution in [2.45, 2.75) is 51.1 Å². The molecule has 0 spiro atoms. The molecule has 9 heteroatoms. The maximum Gasteiger partial charge on any atom is 0.573 e. The number of nitrogens with zero attached hydrogens (tertiary/aromatic N) is 1. The van der Waals surface area contributed by atoms with E-state index in [2.05, 4.69) is 10.1 Å². The lowest BCUT2D eigenvalue weighted by molar-refractivity contribution is -0.274. The smallest absolute Gasteiger partial charge is 0.406 e. The minimum absolute atomic E-state index is 0.272. The number of nitrogens with two attached hydrogens (primary N) is 1. The van der Waals surface area contributed by atoms with Crippen LogP contribution in [-0.4, -0.2) is 36.3 Å². The second kappa shape index (κ2) is 7.53. The van der Waals surface area contributed by atoms with Gasteiger partial charge in [0.25, 0.3) is 0 Å². The van der Waals surface area contributed by atoms with Gasteiger partial charge < -0.3 is 20.7 Å². The van der Waals surface area contributed by atoms with Gasteiger partial charge in [0.05, 0.1) is 5.54 Å². The van der Waals surface area contributed by atoms with E-state index >= 15 is 0 Å². The second-order valence-corrected chi connectivity index (χ2v) is 6.52. The van der Waals surface area contributed by atoms with Crippen molar-refractivity contribution in [3.63, 3.8) is 0 Å². The molecule has 0 bridgehead atoms. The Balaban J connectivity index is 2.07. The third-order valence-electron chi connectivity index (χ3n) is 4.16. The number of ether oxygens (including phenoxy) is 1. The Labute approximate surface area is 149 Å². The molecule has 1 aliphatic rings. The molecular weight excluding hydrogens is 351 g/mol. The van der Waals surface area contributed by atoms with Crippen LogP contribution >= 0.6 is 0 Å². The third-order valence-corrected chi connectivity index (χ3v) is 4.16. The first-order valence-corrected chi connectivity index (χ1v) is 8.30. The lowest BCUT2D eigenvalue weighted by atomic mass is 9.96. The van der Waals surface area contributed by atoms with Crippen LogP contribution < -0.4 is 20.7 Å². The molecule has 0 aliphatic carbocycles. The summed E-state index contributed by atoms with van der Waals surface area (Å²) in [6.45, 7) is 3.77. The van der Waals surface area contributed by atoms with E-state index in [4.69, 9.17) is 5.73 Å². The molecule has 2 rings (SSSR count). The van der Waals surface area contributed by atoms with E-state index in [1.165, 1.54) is 17.0 Å². The number of benzene rings is 1. The van der Waals surface area contributed by atoms with Crippen molar-refractivity contribution < 1.29 is 27.5 Å². The summed E-state index contributed by atoms with van der Waals surface area (Å²) in [6, 6.07) is 4.42. The zero-order chi connectivity index (χ0) is 19.5. The van der Waals surface area contributed by atoms with Gasteiger partial charge in [-0.25, -0.2) is 0 Å². The molecule has 0 saturated carbocycles. The lowest BCUT2D eigenvalue weighted by Gasteiger charge is -2.25. The number of hydrogen-bond acceptors (Lipinski definition) is 4. The van der Waals surface area contributed by atoms with Crippen LogP contribution in [0.4, 0.5) is 18.9 Å². The van der Waals surface area contributed by atoms with Crippen molar-refractivity contribution in [2.75, 3.05) is 11.4 Å². The maximum atomic E-state index is 12.5. The Morgan fingerprint density at radius 1 is 1.42 bits per heavy atom. The molecular formula is C17H22F3N3O3. The van der Waals surface area contributed by atoms with Gasteiger partial charge in [-0.3, -0.25) is 9.59 Å². The average molecular weight is 373 g/mol. The first kappa shape index (κ1) is 20.0. The summed E-state index contributed by atoms with van der Waals surface area (Å²) in [5.74, 6) is -1.23. The van der Waals surface area contributed by atoms with Gasteiger partial charge in [-0.1, -0.05) is 19.4 Å². The van der Waals surface area contributed by atoms with E-state index in [0.29, 0.717) is 12.8 Å². The topological polar surface area (TPSA) is 84.7 Å². The number of rotatable bonds is 6. The van der Waals surface area contributed by atoms with E-state index in [1.54, 1.807) is 6.92 Å². The van der Waals surface area contributed by atoms with Crippen LogP contribution in [0.5, 0.6) is 5.75 Å². The number of anilines is 1. The molecule has 1 aromatic rings. The van der Waals surface area contributed by atoms with Gasteiger partial charge in [0.2, 0.25) is 11.8 Å². The first-order chi connectivity index (χ1) is 12.0. The highest BCUT2D eigenvalue weighted by molar-refractivity contribution is 6.02. The fraction of sp³-hybridized carbons (Fsp3) is 0.529. The van der Waals surface area contributed by atoms with Crippen LogP contribution in [0.15, 0.2) is 24.3 Å². The van der Waals surface area contributed by atoms with Crippen molar-refractivity contribution in [3.05, 3.63) is 24.3 Å². The van der Waals surface area contributed by atoms with E-state index in [-0.39, 0.29) is 12.2 Å². The Hall–Kier alpha value is -2.29. The summed E-state index contributed by atoms with van der Waals surface area (Å²) in [4.78, 5) is 26.1. The molecule has 0 radical (unpaired) electrons. The molecule has 6 nitrogen and oxygen atoms in total. The number of nitrogens with one attached hydrogen (secondary N) is 1. The first-order valence-electron chi connectivity index (χ1n) is 8.30. The van der Waals surface area contributed by atoms with Crippen LogP contribution in [0.3, 0.4) is 0 Å². The van der Waals surface area contributed by atoms with Crippen LogP contribution in [0.2, 0.25) is 0 Å². The van der Waals surface area contributed by atoms with Gasteiger partial charge in [0, 0.05) is 18.3 Å². The number of carbonyl (C=O) groups is 2. The van der Waals surface area contributed by atoms with Crippen molar-refractivity contribution in [2.24, 2.45) is 5.73 Å². The predicted octanol–water partition coefficient (Wildman–Crippen LogP) is 2.32. The largest absolute Gasteiger partial charge is 0.573 e. The highest BCUT2D eigenvalue weighted by atomic mass is 19.4. The zero-order valence-electron chi connectivity index (χ0n) is 14.6. The van der Waals surface area contributed by atoms with E-state index < -0.39 is 35.5 Å². The van der Waals surface area contributed by atoms with Crippen LogP contribution in [0.1, 0.15) is 33.1 Å². The molecule has 1 heterocycles. The summed E-state index contributed by atoms with van der Waals surface area (Å²) in [6.07, 6.45) is -3.27. The van der Waals surface area contributed by atoms with Crippen LogP contribution in [-0.2, 0) is 9.59 Å². The predicted molar refractivity (Wildman–Crippen MR) is 89.5 cm³/mol. The summed E-state index contributed by atoms with van der Waals surface area (Å²) in [5, 5.41) is 2.64. The third kappa shape index (κ3) is 4.87. The van der Waals surface area contributed by atoms with Gasteiger partial charge in [-0.15, -0.1) is 13.2 Å². The molecule has 1 aromatic carbocycles. The monoisotopic (exact) mass is 373 g/mol. The van der Waals surface area contributed by atoms with E-state index in [9.17, 15) is 22.8 Å². The maximum absolute atomic E-state index is 12.5. The molecule has 2 unspecified atom stereocenters. The molecule has 2 amide bonds. The Bertz CT molecular complexity index is 677. The van der Waals surface area contributed by atoms with Crippen LogP contribution in [0, 0.1) is 0 Å². The summed E-state index contributed by atoms with van der Waals surface area (Å²) >= 11 is 0. The normalized spacial score (nSPS) is 20.0. The van der Waals surface area contributed by atoms with Crippen molar-refractivity contribution in [1.29, 1.82) is 0 Å². The van der Waals surface area contributed by atoms with Gasteiger partial charge in [0.15, 0.2) is 0 Å². The van der Waals surface area contributed by atoms with Crippen molar-refractivity contribution >= 4 is 17.5 Å². The fourth-order valence-corrected chi connectivity index (χ4v) is 2.87. The van der Waals surface area contributed by atoms with E-state index in [0.717, 1.165) is 18.6 Å². The Morgan fingerprint density at radius 3 is 2.73 bits per heavy atom. The van der Waals surface area contributed by atoms with Crippen molar-refractivity contribution in [1.82, 2.24) is 5.32 Å². The zero-order valence-corrected chi connectivity index (χ0v) is 14.6. The average Bonchev–Trinajstić information content (AvgIpc) is 2.87. The highest BCUT2D eigenvalue weighted by Crippen LogP contribution is 2.29. The molecule has 1 aliphatic heterocycles. The minimum Gasteiger partial charge on any atom is -0.406 e. The van der Waals surface area contributed by atoms with E-state index in [1.807, 2.05) is 6.92 Å². The second-order valence-electron chi connectivity index (χ2n) is 6.52. The summed E-state index contributed by atoms with van der Waals surface area (Å²) in [7, 11) is 0. The molecule has 3 N–H and O–H groups in total. The van der Waals surface area contributed by atoms with Crippen molar-refractivity contribution in [3.8, 4) is 5.75 Å². The molecule has 2 atom stereocenters. The Kier molecular flexibility index (Phi) is 5.80. The summed E-state index contributed by atoms with van der Waals surface area (Å²) in [5.41, 5.74) is 5.15. The number of amides is 2. The number of hydrogen-bond donors (Lipinski definition) is 2. The lowest BCUT2D eigenvalue weighted by Crippen LogP contribution is -2.55. The number of carbonyl (C=O) groups excluding carboxylic acids is 2.